The van der Waals surface area contributed by atoms with Crippen LogP contribution < -0.4 is 0 Å². The number of rotatable bonds is 3. The lowest BCUT2D eigenvalue weighted by atomic mass is 9.86. The number of benzene rings is 1. The van der Waals surface area contributed by atoms with Crippen LogP contribution in [0.1, 0.15) is 60.1 Å². The summed E-state index contributed by atoms with van der Waals surface area (Å²) < 4.78 is 9.68. The first-order valence-electron chi connectivity index (χ1n) is 10.3. The highest BCUT2D eigenvalue weighted by Crippen LogP contribution is 2.35. The molecule has 0 atom stereocenters. The molecule has 0 saturated carbocycles. The lowest BCUT2D eigenvalue weighted by Gasteiger charge is -2.37. The molecule has 160 valence electrons. The lowest BCUT2D eigenvalue weighted by Crippen LogP contribution is -2.48. The van der Waals surface area contributed by atoms with Gasteiger partial charge >= 0.3 is 6.09 Å². The summed E-state index contributed by atoms with van der Waals surface area (Å²) in [7, 11) is 0. The van der Waals surface area contributed by atoms with Gasteiger partial charge < -0.3 is 9.64 Å². The predicted molar refractivity (Wildman–Crippen MR) is 115 cm³/mol. The number of aromatic nitrogens is 2. The summed E-state index contributed by atoms with van der Waals surface area (Å²) in [4.78, 5) is 29.4. The zero-order valence-electron chi connectivity index (χ0n) is 18.0. The van der Waals surface area contributed by atoms with Gasteiger partial charge in [0.15, 0.2) is 0 Å². The summed E-state index contributed by atoms with van der Waals surface area (Å²) in [6, 6.07) is 8.44. The molecule has 2 aliphatic rings. The Hall–Kier alpha value is -2.48. The van der Waals surface area contributed by atoms with Crippen LogP contribution in [0.4, 0.5) is 4.79 Å². The summed E-state index contributed by atoms with van der Waals surface area (Å²) in [5.41, 5.74) is 2.64. The number of amides is 2. The average molecular weight is 429 g/mol. The lowest BCUT2D eigenvalue weighted by molar-refractivity contribution is 0.00325. The van der Waals surface area contributed by atoms with E-state index in [0.717, 1.165) is 17.1 Å². The Morgan fingerprint density at radius 3 is 2.43 bits per heavy atom. The Labute approximate surface area is 181 Å². The summed E-state index contributed by atoms with van der Waals surface area (Å²) in [6.07, 6.45) is 1.03. The van der Waals surface area contributed by atoms with Crippen LogP contribution >= 0.6 is 11.5 Å². The van der Waals surface area contributed by atoms with E-state index in [1.807, 2.05) is 4.90 Å². The van der Waals surface area contributed by atoms with E-state index >= 15 is 0 Å². The molecule has 4 rings (SSSR count). The highest BCUT2D eigenvalue weighted by atomic mass is 32.1. The third-order valence-electron chi connectivity index (χ3n) is 6.04. The molecule has 0 radical (unpaired) electrons. The first kappa shape index (κ1) is 20.8. The molecule has 2 aliphatic heterocycles. The van der Waals surface area contributed by atoms with Gasteiger partial charge in [0.1, 0.15) is 10.5 Å². The molecule has 2 aromatic rings. The van der Waals surface area contributed by atoms with Gasteiger partial charge in [-0.3, -0.25) is 9.69 Å². The maximum Gasteiger partial charge on any atom is 0.410 e. The first-order valence-corrected chi connectivity index (χ1v) is 11.1. The second-order valence-corrected chi connectivity index (χ2v) is 10.1. The smallest absolute Gasteiger partial charge is 0.410 e. The minimum absolute atomic E-state index is 0.0301. The third kappa shape index (κ3) is 4.05. The molecular weight excluding hydrogens is 400 g/mol. The summed E-state index contributed by atoms with van der Waals surface area (Å²) >= 11 is 1.13. The van der Waals surface area contributed by atoms with Gasteiger partial charge in [0.05, 0.1) is 12.2 Å². The molecule has 2 saturated heterocycles. The minimum atomic E-state index is -0.500. The normalized spacial score (nSPS) is 18.7. The largest absolute Gasteiger partial charge is 0.441 e. The number of nitrogens with zero attached hydrogens (tertiary/aromatic N) is 4. The zero-order chi connectivity index (χ0) is 21.5. The van der Waals surface area contributed by atoms with Gasteiger partial charge in [0.25, 0.3) is 5.91 Å². The number of carbonyl (C=O) groups is 2. The van der Waals surface area contributed by atoms with E-state index in [0.29, 0.717) is 49.6 Å². The van der Waals surface area contributed by atoms with Crippen molar-refractivity contribution >= 4 is 23.5 Å². The Morgan fingerprint density at radius 2 is 1.87 bits per heavy atom. The Morgan fingerprint density at radius 1 is 1.20 bits per heavy atom. The molecule has 0 aliphatic carbocycles. The van der Waals surface area contributed by atoms with Crippen molar-refractivity contribution in [2.24, 2.45) is 0 Å². The molecule has 8 heteroatoms. The minimum Gasteiger partial charge on any atom is -0.441 e. The number of piperidine rings is 1. The van der Waals surface area contributed by atoms with E-state index in [2.05, 4.69) is 54.6 Å². The van der Waals surface area contributed by atoms with Crippen molar-refractivity contribution in [3.63, 3.8) is 0 Å². The van der Waals surface area contributed by atoms with Crippen molar-refractivity contribution < 1.29 is 14.3 Å². The van der Waals surface area contributed by atoms with Crippen molar-refractivity contribution in [1.82, 2.24) is 19.4 Å². The standard InChI is InChI=1S/C22H28N4O3S/c1-15-18(30-24-23-15)19(27)25-11-9-22(10-12-25)14-26(20(28)29-22)13-16-5-7-17(8-6-16)21(2,3)4/h5-8H,9-14H2,1-4H3. The summed E-state index contributed by atoms with van der Waals surface area (Å²) in [6.45, 7) is 10.6. The SMILES string of the molecule is Cc1nnsc1C(=O)N1CCC2(CC1)CN(Cc1ccc(C(C)(C)C)cc1)C(=O)O2. The van der Waals surface area contributed by atoms with Crippen molar-refractivity contribution in [1.29, 1.82) is 0 Å². The van der Waals surface area contributed by atoms with Gasteiger partial charge in [-0.15, -0.1) is 5.10 Å². The van der Waals surface area contributed by atoms with Gasteiger partial charge in [-0.05, 0) is 35.0 Å². The van der Waals surface area contributed by atoms with Crippen LogP contribution in [0.2, 0.25) is 0 Å². The van der Waals surface area contributed by atoms with Gasteiger partial charge in [0.2, 0.25) is 0 Å². The van der Waals surface area contributed by atoms with Gasteiger partial charge in [-0.2, -0.15) is 0 Å². The second-order valence-electron chi connectivity index (χ2n) is 9.33. The van der Waals surface area contributed by atoms with Crippen LogP contribution in [0, 0.1) is 6.92 Å². The Balaban J connectivity index is 1.37. The third-order valence-corrected chi connectivity index (χ3v) is 6.86. The van der Waals surface area contributed by atoms with E-state index in [1.165, 1.54) is 5.56 Å². The molecule has 30 heavy (non-hydrogen) atoms. The molecule has 3 heterocycles. The van der Waals surface area contributed by atoms with Crippen LogP contribution in [0.15, 0.2) is 24.3 Å². The number of ether oxygens (including phenoxy) is 1. The van der Waals surface area contributed by atoms with Crippen molar-refractivity contribution in [3.05, 3.63) is 46.0 Å². The van der Waals surface area contributed by atoms with Gasteiger partial charge in [0, 0.05) is 32.5 Å². The summed E-state index contributed by atoms with van der Waals surface area (Å²) in [5.74, 6) is -0.0301. The fraction of sp³-hybridized carbons (Fsp3) is 0.545. The summed E-state index contributed by atoms with van der Waals surface area (Å²) in [5, 5.41) is 3.93. The topological polar surface area (TPSA) is 75.6 Å². The molecule has 0 unspecified atom stereocenters. The fourth-order valence-electron chi connectivity index (χ4n) is 4.09. The van der Waals surface area contributed by atoms with E-state index in [9.17, 15) is 9.59 Å². The molecule has 0 bridgehead atoms. The first-order chi connectivity index (χ1) is 14.2. The Bertz CT molecular complexity index is 940. The fourth-order valence-corrected chi connectivity index (χ4v) is 4.72. The molecule has 0 N–H and O–H groups in total. The van der Waals surface area contributed by atoms with Crippen LogP contribution in [0.25, 0.3) is 0 Å². The maximum absolute atomic E-state index is 12.7. The number of hydrogen-bond acceptors (Lipinski definition) is 6. The number of hydrogen-bond donors (Lipinski definition) is 0. The zero-order valence-corrected chi connectivity index (χ0v) is 18.8. The van der Waals surface area contributed by atoms with E-state index < -0.39 is 5.60 Å². The van der Waals surface area contributed by atoms with Crippen molar-refractivity contribution in [3.8, 4) is 0 Å². The predicted octanol–water partition coefficient (Wildman–Crippen LogP) is 3.77. The van der Waals surface area contributed by atoms with Gasteiger partial charge in [-0.1, -0.05) is 49.5 Å². The van der Waals surface area contributed by atoms with Crippen molar-refractivity contribution in [2.75, 3.05) is 19.6 Å². The number of carbonyl (C=O) groups excluding carboxylic acids is 2. The highest BCUT2D eigenvalue weighted by molar-refractivity contribution is 7.07. The highest BCUT2D eigenvalue weighted by Gasteiger charge is 2.47. The quantitative estimate of drug-likeness (QED) is 0.744. The maximum atomic E-state index is 12.7. The monoisotopic (exact) mass is 428 g/mol. The number of likely N-dealkylation sites (tertiary alicyclic amines) is 1. The molecule has 1 aromatic carbocycles. The van der Waals surface area contributed by atoms with E-state index in [4.69, 9.17) is 4.74 Å². The second kappa shape index (κ2) is 7.65. The van der Waals surface area contributed by atoms with Crippen LogP contribution in [0.3, 0.4) is 0 Å². The van der Waals surface area contributed by atoms with Crippen molar-refractivity contribution in [2.45, 2.75) is 58.1 Å². The molecule has 1 spiro atoms. The average Bonchev–Trinajstić information content (AvgIpc) is 3.25. The molecule has 2 fully saturated rings. The molecule has 1 aromatic heterocycles. The molecular formula is C22H28N4O3S. The van der Waals surface area contributed by atoms with Crippen LogP contribution in [-0.4, -0.2) is 56.6 Å². The molecule has 2 amide bonds. The van der Waals surface area contributed by atoms with Crippen LogP contribution in [-0.2, 0) is 16.7 Å². The Kier molecular flexibility index (Phi) is 5.30. The van der Waals surface area contributed by atoms with Crippen LogP contribution in [0.5, 0.6) is 0 Å². The molecule has 7 nitrogen and oxygen atoms in total. The van der Waals surface area contributed by atoms with Gasteiger partial charge in [-0.25, -0.2) is 4.79 Å². The van der Waals surface area contributed by atoms with E-state index in [1.54, 1.807) is 11.8 Å². The number of aryl methyl sites for hydroxylation is 1. The van der Waals surface area contributed by atoms with E-state index in [-0.39, 0.29) is 17.4 Å².